The van der Waals surface area contributed by atoms with Gasteiger partial charge in [-0.3, -0.25) is 4.79 Å². The summed E-state index contributed by atoms with van der Waals surface area (Å²) in [5.41, 5.74) is 2.38. The first-order valence-corrected chi connectivity index (χ1v) is 3.91. The maximum Gasteiger partial charge on any atom is 0.327 e. The standard InChI is InChI=1S/C7H15NO4/c1-3-11-7(10)6(5-9)8-12-4-2/h6,8-9H,3-5H2,1-2H3/t6-/m0/s1. The second-order valence-electron chi connectivity index (χ2n) is 2.04. The molecule has 0 aromatic rings. The Hall–Kier alpha value is -0.650. The number of carbonyl (C=O) groups excluding carboxylic acids is 1. The van der Waals surface area contributed by atoms with Gasteiger partial charge in [-0.1, -0.05) is 0 Å². The van der Waals surface area contributed by atoms with E-state index >= 15 is 0 Å². The van der Waals surface area contributed by atoms with Gasteiger partial charge in [0.25, 0.3) is 0 Å². The second kappa shape index (κ2) is 7.02. The normalized spacial score (nSPS) is 12.6. The predicted molar refractivity (Wildman–Crippen MR) is 42.3 cm³/mol. The topological polar surface area (TPSA) is 67.8 Å². The number of hydrogen-bond acceptors (Lipinski definition) is 5. The van der Waals surface area contributed by atoms with Gasteiger partial charge in [-0.2, -0.15) is 5.48 Å². The number of aliphatic hydroxyl groups is 1. The summed E-state index contributed by atoms with van der Waals surface area (Å²) in [5, 5.41) is 8.71. The summed E-state index contributed by atoms with van der Waals surface area (Å²) >= 11 is 0. The largest absolute Gasteiger partial charge is 0.465 e. The molecule has 0 rings (SSSR count). The van der Waals surface area contributed by atoms with Crippen LogP contribution in [0.2, 0.25) is 0 Å². The Morgan fingerprint density at radius 2 is 2.17 bits per heavy atom. The number of hydrogen-bond donors (Lipinski definition) is 2. The summed E-state index contributed by atoms with van der Waals surface area (Å²) in [6.07, 6.45) is 0. The van der Waals surface area contributed by atoms with Crippen LogP contribution in [0.5, 0.6) is 0 Å². The van der Waals surface area contributed by atoms with Crippen molar-refractivity contribution in [2.75, 3.05) is 19.8 Å². The van der Waals surface area contributed by atoms with E-state index in [2.05, 4.69) is 10.2 Å². The summed E-state index contributed by atoms with van der Waals surface area (Å²) in [5.74, 6) is -0.506. The summed E-state index contributed by atoms with van der Waals surface area (Å²) in [6.45, 7) is 3.86. The molecule has 0 aromatic heterocycles. The molecule has 1 atom stereocenters. The zero-order valence-corrected chi connectivity index (χ0v) is 7.37. The number of rotatable bonds is 6. The Balaban J connectivity index is 3.71. The lowest BCUT2D eigenvalue weighted by Gasteiger charge is -2.13. The van der Waals surface area contributed by atoms with Crippen molar-refractivity contribution in [1.82, 2.24) is 5.48 Å². The van der Waals surface area contributed by atoms with Crippen LogP contribution >= 0.6 is 0 Å². The molecule has 0 aliphatic carbocycles. The zero-order valence-electron chi connectivity index (χ0n) is 7.37. The molecule has 0 bridgehead atoms. The molecule has 0 amide bonds. The highest BCUT2D eigenvalue weighted by Crippen LogP contribution is 1.88. The number of hydroxylamine groups is 1. The molecule has 0 heterocycles. The van der Waals surface area contributed by atoms with E-state index < -0.39 is 12.0 Å². The highest BCUT2D eigenvalue weighted by molar-refractivity contribution is 5.75. The Labute approximate surface area is 71.6 Å². The molecule has 0 aliphatic rings. The fourth-order valence-electron chi connectivity index (χ4n) is 0.587. The number of aliphatic hydroxyl groups excluding tert-OH is 1. The van der Waals surface area contributed by atoms with Crippen LogP contribution in [0.25, 0.3) is 0 Å². The third-order valence-electron chi connectivity index (χ3n) is 1.12. The predicted octanol–water partition coefficient (Wildman–Crippen LogP) is -0.548. The number of esters is 1. The highest BCUT2D eigenvalue weighted by Gasteiger charge is 2.17. The lowest BCUT2D eigenvalue weighted by Crippen LogP contribution is -2.40. The van der Waals surface area contributed by atoms with E-state index in [4.69, 9.17) is 9.94 Å². The van der Waals surface area contributed by atoms with Gasteiger partial charge in [0.05, 0.1) is 19.8 Å². The van der Waals surface area contributed by atoms with Crippen LogP contribution in [0.4, 0.5) is 0 Å². The van der Waals surface area contributed by atoms with Gasteiger partial charge in [-0.15, -0.1) is 0 Å². The minimum absolute atomic E-state index is 0.295. The monoisotopic (exact) mass is 177 g/mol. The van der Waals surface area contributed by atoms with E-state index in [0.29, 0.717) is 13.2 Å². The van der Waals surface area contributed by atoms with E-state index in [9.17, 15) is 4.79 Å². The molecule has 5 nitrogen and oxygen atoms in total. The van der Waals surface area contributed by atoms with Gasteiger partial charge in [0.2, 0.25) is 0 Å². The Kier molecular flexibility index (Phi) is 6.64. The van der Waals surface area contributed by atoms with Crippen LogP contribution in [-0.2, 0) is 14.4 Å². The lowest BCUT2D eigenvalue weighted by molar-refractivity contribution is -0.151. The average Bonchev–Trinajstić information content (AvgIpc) is 2.06. The molecule has 0 spiro atoms. The molecular weight excluding hydrogens is 162 g/mol. The van der Waals surface area contributed by atoms with Crippen LogP contribution in [0, 0.1) is 0 Å². The summed E-state index contributed by atoms with van der Waals surface area (Å²) in [6, 6.07) is -0.787. The molecule has 2 N–H and O–H groups in total. The third kappa shape index (κ3) is 4.27. The third-order valence-corrected chi connectivity index (χ3v) is 1.12. The first-order valence-electron chi connectivity index (χ1n) is 3.91. The van der Waals surface area contributed by atoms with Gasteiger partial charge in [-0.25, -0.2) is 0 Å². The number of nitrogens with one attached hydrogen (secondary N) is 1. The SMILES string of the molecule is CCON[C@@H](CO)C(=O)OCC. The van der Waals surface area contributed by atoms with Crippen molar-refractivity contribution in [3.05, 3.63) is 0 Å². The fourth-order valence-corrected chi connectivity index (χ4v) is 0.587. The van der Waals surface area contributed by atoms with Crippen LogP contribution < -0.4 is 5.48 Å². The van der Waals surface area contributed by atoms with Crippen molar-refractivity contribution in [3.63, 3.8) is 0 Å². The minimum Gasteiger partial charge on any atom is -0.465 e. The molecular formula is C7H15NO4. The lowest BCUT2D eigenvalue weighted by atomic mass is 10.3. The van der Waals surface area contributed by atoms with Crippen molar-refractivity contribution in [3.8, 4) is 0 Å². The van der Waals surface area contributed by atoms with Crippen molar-refractivity contribution >= 4 is 5.97 Å². The molecule has 0 radical (unpaired) electrons. The molecule has 5 heteroatoms. The van der Waals surface area contributed by atoms with Gasteiger partial charge in [0.1, 0.15) is 0 Å². The average molecular weight is 177 g/mol. The van der Waals surface area contributed by atoms with Gasteiger partial charge >= 0.3 is 5.97 Å². The van der Waals surface area contributed by atoms with Crippen LogP contribution in [-0.4, -0.2) is 36.9 Å². The van der Waals surface area contributed by atoms with E-state index in [-0.39, 0.29) is 6.61 Å². The smallest absolute Gasteiger partial charge is 0.327 e. The van der Waals surface area contributed by atoms with E-state index in [1.165, 1.54) is 0 Å². The molecule has 0 saturated carbocycles. The van der Waals surface area contributed by atoms with Gasteiger partial charge in [0, 0.05) is 0 Å². The molecule has 0 fully saturated rings. The number of carbonyl (C=O) groups is 1. The van der Waals surface area contributed by atoms with E-state index in [0.717, 1.165) is 0 Å². The number of ether oxygens (including phenoxy) is 1. The molecule has 0 aromatic carbocycles. The summed E-state index contributed by atoms with van der Waals surface area (Å²) in [7, 11) is 0. The zero-order chi connectivity index (χ0) is 9.40. The van der Waals surface area contributed by atoms with Crippen molar-refractivity contribution < 1.29 is 19.5 Å². The van der Waals surface area contributed by atoms with Crippen molar-refractivity contribution in [2.24, 2.45) is 0 Å². The van der Waals surface area contributed by atoms with Crippen LogP contribution in [0.15, 0.2) is 0 Å². The van der Waals surface area contributed by atoms with Crippen molar-refractivity contribution in [1.29, 1.82) is 0 Å². The van der Waals surface area contributed by atoms with E-state index in [1.807, 2.05) is 0 Å². The molecule has 0 aliphatic heterocycles. The second-order valence-corrected chi connectivity index (χ2v) is 2.04. The van der Waals surface area contributed by atoms with E-state index in [1.54, 1.807) is 13.8 Å². The van der Waals surface area contributed by atoms with Crippen molar-refractivity contribution in [2.45, 2.75) is 19.9 Å². The summed E-state index contributed by atoms with van der Waals surface area (Å²) in [4.78, 5) is 15.7. The molecule has 72 valence electrons. The Bertz CT molecular complexity index is 129. The molecule has 0 unspecified atom stereocenters. The maximum atomic E-state index is 11.0. The van der Waals surface area contributed by atoms with Crippen LogP contribution in [0.3, 0.4) is 0 Å². The first-order chi connectivity index (χ1) is 5.76. The Morgan fingerprint density at radius 1 is 1.50 bits per heavy atom. The Morgan fingerprint density at radius 3 is 2.58 bits per heavy atom. The highest BCUT2D eigenvalue weighted by atomic mass is 16.6. The molecule has 0 saturated heterocycles. The quantitative estimate of drug-likeness (QED) is 0.421. The summed E-state index contributed by atoms with van der Waals surface area (Å²) < 4.78 is 4.65. The van der Waals surface area contributed by atoms with Gasteiger partial charge in [-0.05, 0) is 13.8 Å². The molecule has 12 heavy (non-hydrogen) atoms. The fraction of sp³-hybridized carbons (Fsp3) is 0.857. The minimum atomic E-state index is -0.787. The van der Waals surface area contributed by atoms with Gasteiger partial charge < -0.3 is 14.7 Å². The van der Waals surface area contributed by atoms with Crippen LogP contribution in [0.1, 0.15) is 13.8 Å². The first kappa shape index (κ1) is 11.4. The van der Waals surface area contributed by atoms with Gasteiger partial charge in [0.15, 0.2) is 6.04 Å². The maximum absolute atomic E-state index is 11.0.